The van der Waals surface area contributed by atoms with Gasteiger partial charge >= 0.3 is 10.2 Å². The molecule has 4 nitrogen and oxygen atoms in total. The zero-order chi connectivity index (χ0) is 18.7. The summed E-state index contributed by atoms with van der Waals surface area (Å²) in [5, 5.41) is -0.310. The van der Waals surface area contributed by atoms with Gasteiger partial charge in [0.1, 0.15) is 0 Å². The van der Waals surface area contributed by atoms with Crippen LogP contribution in [0, 0.1) is 0 Å². The first-order valence-electron chi connectivity index (χ1n) is 8.09. The molecule has 3 rings (SSSR count). The van der Waals surface area contributed by atoms with Crippen LogP contribution >= 0.6 is 22.9 Å². The zero-order valence-corrected chi connectivity index (χ0v) is 16.2. The number of hydrogen-bond donors (Lipinski definition) is 0. The first kappa shape index (κ1) is 19.1. The summed E-state index contributed by atoms with van der Waals surface area (Å²) in [6, 6.07) is 11.5. The third kappa shape index (κ3) is 4.72. The maximum atomic E-state index is 13.0. The van der Waals surface area contributed by atoms with E-state index < -0.39 is 15.5 Å². The number of likely N-dealkylation sites (tertiary alicyclic amines) is 1. The Bertz CT molecular complexity index is 914. The summed E-state index contributed by atoms with van der Waals surface area (Å²) in [5.41, 5.74) is 1.06. The van der Waals surface area contributed by atoms with Crippen molar-refractivity contribution in [2.24, 2.45) is 0 Å². The third-order valence-electron chi connectivity index (χ3n) is 4.30. The highest BCUT2D eigenvalue weighted by Crippen LogP contribution is 2.29. The van der Waals surface area contributed by atoms with E-state index in [-0.39, 0.29) is 31.8 Å². The van der Waals surface area contributed by atoms with Crippen LogP contribution in [0.15, 0.2) is 42.5 Å². The zero-order valence-electron chi connectivity index (χ0n) is 13.8. The van der Waals surface area contributed by atoms with Crippen molar-refractivity contribution in [3.63, 3.8) is 0 Å². The molecule has 0 atom stereocenters. The number of nitrogens with zero attached hydrogens (tertiary/aromatic N) is 1. The second-order valence-electron chi connectivity index (χ2n) is 6.04. The highest BCUT2D eigenvalue weighted by molar-refractivity contribution is 7.87. The average Bonchev–Trinajstić information content (AvgIpc) is 3.08. The van der Waals surface area contributed by atoms with Gasteiger partial charge in [0.2, 0.25) is 5.91 Å². The summed E-state index contributed by atoms with van der Waals surface area (Å²) in [5.74, 6) is -0.193. The van der Waals surface area contributed by atoms with Crippen LogP contribution in [-0.4, -0.2) is 37.6 Å². The SMILES string of the molecule is O=C(/C=C/c1ccc(-c2ccc(Cl)cc2)s1)N1CCC(S(=O)(=O)F)CC1. The minimum atomic E-state index is -4.52. The Balaban J connectivity index is 1.60. The predicted octanol–water partition coefficient (Wildman–Crippen LogP) is 4.37. The second kappa shape index (κ2) is 7.90. The molecular weight excluding hydrogens is 397 g/mol. The summed E-state index contributed by atoms with van der Waals surface area (Å²) in [4.78, 5) is 15.8. The molecule has 0 saturated carbocycles. The van der Waals surface area contributed by atoms with Crippen LogP contribution < -0.4 is 0 Å². The summed E-state index contributed by atoms with van der Waals surface area (Å²) in [7, 11) is -4.52. The van der Waals surface area contributed by atoms with Crippen LogP contribution in [0.1, 0.15) is 17.7 Å². The molecule has 1 saturated heterocycles. The lowest BCUT2D eigenvalue weighted by atomic mass is 10.1. The lowest BCUT2D eigenvalue weighted by molar-refractivity contribution is -0.126. The van der Waals surface area contributed by atoms with E-state index in [0.717, 1.165) is 15.3 Å². The fourth-order valence-electron chi connectivity index (χ4n) is 2.83. The summed E-state index contributed by atoms with van der Waals surface area (Å²) < 4.78 is 34.8. The van der Waals surface area contributed by atoms with Gasteiger partial charge in [-0.2, -0.15) is 8.42 Å². The highest BCUT2D eigenvalue weighted by atomic mass is 35.5. The smallest absolute Gasteiger partial charge is 0.305 e. The van der Waals surface area contributed by atoms with Crippen molar-refractivity contribution in [1.82, 2.24) is 4.90 Å². The van der Waals surface area contributed by atoms with Gasteiger partial charge in [-0.05, 0) is 48.7 Å². The molecule has 1 amide bonds. The maximum Gasteiger partial charge on any atom is 0.305 e. The van der Waals surface area contributed by atoms with E-state index in [1.165, 1.54) is 6.08 Å². The van der Waals surface area contributed by atoms with Crippen molar-refractivity contribution in [2.45, 2.75) is 18.1 Å². The van der Waals surface area contributed by atoms with Crippen molar-refractivity contribution < 1.29 is 17.1 Å². The van der Waals surface area contributed by atoms with E-state index in [2.05, 4.69) is 0 Å². The number of thiophene rings is 1. The molecule has 0 bridgehead atoms. The number of piperidine rings is 1. The van der Waals surface area contributed by atoms with E-state index in [1.807, 2.05) is 36.4 Å². The number of carbonyl (C=O) groups is 1. The molecule has 0 unspecified atom stereocenters. The molecule has 2 aromatic rings. The summed E-state index contributed by atoms with van der Waals surface area (Å²) in [6.07, 6.45) is 3.49. The van der Waals surface area contributed by atoms with Crippen molar-refractivity contribution in [3.05, 3.63) is 52.4 Å². The number of carbonyl (C=O) groups excluding carboxylic acids is 1. The van der Waals surface area contributed by atoms with Gasteiger partial charge in [-0.25, -0.2) is 0 Å². The monoisotopic (exact) mass is 413 g/mol. The largest absolute Gasteiger partial charge is 0.339 e. The van der Waals surface area contributed by atoms with E-state index >= 15 is 0 Å². The highest BCUT2D eigenvalue weighted by Gasteiger charge is 2.30. The van der Waals surface area contributed by atoms with E-state index in [4.69, 9.17) is 11.6 Å². The van der Waals surface area contributed by atoms with Gasteiger partial charge < -0.3 is 4.90 Å². The van der Waals surface area contributed by atoms with Crippen molar-refractivity contribution in [3.8, 4) is 10.4 Å². The van der Waals surface area contributed by atoms with Crippen LogP contribution in [0.25, 0.3) is 16.5 Å². The number of hydrogen-bond acceptors (Lipinski definition) is 4. The van der Waals surface area contributed by atoms with E-state index in [9.17, 15) is 17.1 Å². The Kier molecular flexibility index (Phi) is 5.79. The number of benzene rings is 1. The number of rotatable bonds is 4. The van der Waals surface area contributed by atoms with Crippen molar-refractivity contribution in [1.29, 1.82) is 0 Å². The van der Waals surface area contributed by atoms with Gasteiger partial charge in [0.15, 0.2) is 0 Å². The van der Waals surface area contributed by atoms with Crippen molar-refractivity contribution >= 4 is 45.1 Å². The summed E-state index contributed by atoms with van der Waals surface area (Å²) in [6.45, 7) is 0.495. The van der Waals surface area contributed by atoms with Crippen LogP contribution in [0.4, 0.5) is 3.89 Å². The molecule has 0 aliphatic carbocycles. The van der Waals surface area contributed by atoms with Gasteiger partial charge in [-0.1, -0.05) is 23.7 Å². The van der Waals surface area contributed by atoms with E-state index in [0.29, 0.717) is 5.02 Å². The summed E-state index contributed by atoms with van der Waals surface area (Å²) >= 11 is 7.45. The fourth-order valence-corrected chi connectivity index (χ4v) is 4.64. The molecule has 0 N–H and O–H groups in total. The topological polar surface area (TPSA) is 54.5 Å². The van der Waals surface area contributed by atoms with Crippen LogP contribution in [0.5, 0.6) is 0 Å². The molecule has 1 aliphatic heterocycles. The third-order valence-corrected chi connectivity index (χ3v) is 6.92. The molecule has 1 aliphatic rings. The Morgan fingerprint density at radius 3 is 2.42 bits per heavy atom. The number of halogens is 2. The predicted molar refractivity (Wildman–Crippen MR) is 103 cm³/mol. The molecule has 0 spiro atoms. The number of amides is 1. The van der Waals surface area contributed by atoms with Gasteiger partial charge in [0.05, 0.1) is 5.25 Å². The van der Waals surface area contributed by atoms with Gasteiger partial charge in [-0.15, -0.1) is 15.2 Å². The lowest BCUT2D eigenvalue weighted by Gasteiger charge is -2.29. The Labute approximate surface area is 161 Å². The Morgan fingerprint density at radius 2 is 1.81 bits per heavy atom. The second-order valence-corrected chi connectivity index (χ2v) is 9.21. The Hall–Kier alpha value is -1.70. The molecule has 1 fully saturated rings. The van der Waals surface area contributed by atoms with Crippen LogP contribution in [-0.2, 0) is 15.0 Å². The standard InChI is InChI=1S/C18H17ClFNO3S2/c19-14-3-1-13(2-4-14)17-7-5-15(25-17)6-8-18(22)21-11-9-16(10-12-21)26(20,23)24/h1-8,16H,9-12H2/b8-6+. The molecular formula is C18H17ClFNO3S2. The first-order chi connectivity index (χ1) is 12.3. The molecule has 138 valence electrons. The lowest BCUT2D eigenvalue weighted by Crippen LogP contribution is -2.41. The minimum Gasteiger partial charge on any atom is -0.339 e. The quantitative estimate of drug-likeness (QED) is 0.552. The normalized spacial score (nSPS) is 16.3. The van der Waals surface area contributed by atoms with Gasteiger partial charge in [0, 0.05) is 33.9 Å². The van der Waals surface area contributed by atoms with Gasteiger partial charge in [0.25, 0.3) is 0 Å². The molecule has 8 heteroatoms. The fraction of sp³-hybridized carbons (Fsp3) is 0.278. The van der Waals surface area contributed by atoms with Crippen LogP contribution in [0.2, 0.25) is 5.02 Å². The molecule has 0 radical (unpaired) electrons. The molecule has 1 aromatic heterocycles. The minimum absolute atomic E-state index is 0.137. The van der Waals surface area contributed by atoms with Crippen LogP contribution in [0.3, 0.4) is 0 Å². The average molecular weight is 414 g/mol. The maximum absolute atomic E-state index is 13.0. The van der Waals surface area contributed by atoms with Gasteiger partial charge in [-0.3, -0.25) is 4.79 Å². The first-order valence-corrected chi connectivity index (χ1v) is 10.7. The molecule has 26 heavy (non-hydrogen) atoms. The van der Waals surface area contributed by atoms with Crippen molar-refractivity contribution in [2.75, 3.05) is 13.1 Å². The Morgan fingerprint density at radius 1 is 1.15 bits per heavy atom. The van der Waals surface area contributed by atoms with E-state index in [1.54, 1.807) is 22.3 Å². The molecule has 2 heterocycles. The molecule has 1 aromatic carbocycles.